The second kappa shape index (κ2) is 16.4. The summed E-state index contributed by atoms with van der Waals surface area (Å²) in [5, 5.41) is 8.99. The van der Waals surface area contributed by atoms with Crippen LogP contribution < -0.4 is 31.7 Å². The van der Waals surface area contributed by atoms with Crippen LogP contribution in [0.1, 0.15) is 75.0 Å². The number of hydrogen-bond donors (Lipinski definition) is 3. The minimum Gasteiger partial charge on any atom is -0.494 e. The van der Waals surface area contributed by atoms with Gasteiger partial charge in [0.05, 0.1) is 42.0 Å². The number of benzene rings is 1. The third-order valence-electron chi connectivity index (χ3n) is 11.5. The first-order valence-electron chi connectivity index (χ1n) is 19.0. The van der Waals surface area contributed by atoms with Gasteiger partial charge in [0, 0.05) is 57.4 Å². The molecule has 3 aromatic heterocycles. The van der Waals surface area contributed by atoms with E-state index in [-0.39, 0.29) is 60.4 Å². The van der Waals surface area contributed by atoms with Crippen LogP contribution >= 0.6 is 0 Å². The fraction of sp³-hybridized carbons (Fsp3) is 0.500. The number of alkyl halides is 3. The van der Waals surface area contributed by atoms with Crippen LogP contribution in [0, 0.1) is 5.92 Å². The number of carbonyl (C=O) groups excluding carboxylic acids is 3. The van der Waals surface area contributed by atoms with Crippen LogP contribution in [-0.4, -0.2) is 97.5 Å². The maximum atomic E-state index is 16.2. The molecule has 19 heteroatoms. The molecule has 3 amide bonds. The topological polar surface area (TPSA) is 188 Å². The van der Waals surface area contributed by atoms with Gasteiger partial charge in [-0.1, -0.05) is 0 Å². The smallest absolute Gasteiger partial charge is 0.329 e. The van der Waals surface area contributed by atoms with Crippen molar-refractivity contribution in [1.29, 1.82) is 0 Å². The van der Waals surface area contributed by atoms with Crippen LogP contribution in [0.15, 0.2) is 47.8 Å². The third kappa shape index (κ3) is 7.71. The normalized spacial score (nSPS) is 23.3. The predicted octanol–water partition coefficient (Wildman–Crippen LogP) is 3.47. The van der Waals surface area contributed by atoms with Gasteiger partial charge in [0.1, 0.15) is 23.7 Å². The van der Waals surface area contributed by atoms with Crippen molar-refractivity contribution in [2.45, 2.75) is 75.7 Å². The largest absolute Gasteiger partial charge is 0.494 e. The zero-order valence-corrected chi connectivity index (χ0v) is 31.9. The summed E-state index contributed by atoms with van der Waals surface area (Å²) < 4.78 is 54.4. The van der Waals surface area contributed by atoms with Crippen molar-refractivity contribution in [1.82, 2.24) is 39.1 Å². The molecule has 5 heterocycles. The first-order chi connectivity index (χ1) is 27.4. The molecule has 4 N–H and O–H groups in total. The van der Waals surface area contributed by atoms with Crippen LogP contribution in [-0.2, 0) is 21.4 Å². The number of imide groups is 1. The molecule has 1 saturated carbocycles. The summed E-state index contributed by atoms with van der Waals surface area (Å²) >= 11 is 0. The number of anilines is 2. The number of hydrogen-bond acceptors (Lipinski definition) is 11. The summed E-state index contributed by atoms with van der Waals surface area (Å²) in [5.74, 6) is -0.872. The molecule has 1 aromatic carbocycles. The number of nitrogens with two attached hydrogens (primary N) is 1. The number of methoxy groups -OCH3 is 1. The highest BCUT2D eigenvalue weighted by Crippen LogP contribution is 2.40. The van der Waals surface area contributed by atoms with Crippen molar-refractivity contribution >= 4 is 45.7 Å². The molecule has 0 radical (unpaired) electrons. The maximum absolute atomic E-state index is 16.2. The highest BCUT2D eigenvalue weighted by Gasteiger charge is 2.38. The first kappa shape index (κ1) is 39.5. The molecular weight excluding hydrogens is 747 g/mol. The van der Waals surface area contributed by atoms with Gasteiger partial charge < -0.3 is 25.6 Å². The van der Waals surface area contributed by atoms with Gasteiger partial charge >= 0.3 is 5.69 Å². The van der Waals surface area contributed by atoms with Gasteiger partial charge in [-0.3, -0.25) is 33.5 Å². The predicted molar refractivity (Wildman–Crippen MR) is 204 cm³/mol. The Balaban J connectivity index is 0.987. The second-order valence-electron chi connectivity index (χ2n) is 14.9. The fourth-order valence-electron chi connectivity index (χ4n) is 8.59. The number of halogens is 3. The number of nitrogens with zero attached hydrogens (tertiary/aromatic N) is 8. The van der Waals surface area contributed by atoms with Gasteiger partial charge in [-0.25, -0.2) is 27.9 Å². The lowest BCUT2D eigenvalue weighted by Crippen LogP contribution is -2.52. The standard InChI is InChI=1S/C38H46F3N11O5/c1-48(18-21-5-7-22(8-6-21)51-20-25(31(47-51)34(40)41)45-36(54)23(17-42)35-43-14-4-15-44-35)26-13-16-50(19-24(26)39)33-29(57-3)11-9-27-32(33)49(2)38(56)52(27)28-10-12-30(53)46-37(28)55/h4,9,11,14-15,17,20-22,24,26,28,34H,5-8,10,12-13,16,18-19,42H2,1-3H3,(H,45,54)(H,46,53,55)/b23-17+/t21?,22?,24-,26+,28?/m0/s1. The van der Waals surface area contributed by atoms with E-state index >= 15 is 4.39 Å². The number of aromatic nitrogens is 6. The molecule has 16 nitrogen and oxygen atoms in total. The van der Waals surface area contributed by atoms with E-state index < -0.39 is 41.8 Å². The Morgan fingerprint density at radius 2 is 1.86 bits per heavy atom. The van der Waals surface area contributed by atoms with E-state index in [0.717, 1.165) is 19.0 Å². The van der Waals surface area contributed by atoms with Crippen LogP contribution in [0.3, 0.4) is 0 Å². The number of amides is 3. The van der Waals surface area contributed by atoms with E-state index in [9.17, 15) is 28.0 Å². The van der Waals surface area contributed by atoms with Crippen LogP contribution in [0.5, 0.6) is 5.75 Å². The third-order valence-corrected chi connectivity index (χ3v) is 11.5. The monoisotopic (exact) mass is 793 g/mol. The lowest BCUT2D eigenvalue weighted by atomic mass is 9.85. The summed E-state index contributed by atoms with van der Waals surface area (Å²) in [5.41, 5.74) is 6.09. The molecular formula is C38H46F3N11O5. The van der Waals surface area contributed by atoms with Crippen LogP contribution in [0.25, 0.3) is 16.6 Å². The average molecular weight is 794 g/mol. The highest BCUT2D eigenvalue weighted by molar-refractivity contribution is 6.24. The Bertz CT molecular complexity index is 2230. The summed E-state index contributed by atoms with van der Waals surface area (Å²) in [7, 11) is 5.05. The second-order valence-corrected chi connectivity index (χ2v) is 14.9. The van der Waals surface area contributed by atoms with E-state index in [4.69, 9.17) is 10.5 Å². The molecule has 1 aliphatic carbocycles. The molecule has 2 aliphatic heterocycles. The number of piperidine rings is 2. The number of nitrogens with one attached hydrogen (secondary N) is 2. The molecule has 4 aromatic rings. The molecule has 3 fully saturated rings. The molecule has 7 rings (SSSR count). The molecule has 3 atom stereocenters. The average Bonchev–Trinajstić information content (AvgIpc) is 3.73. The minimum absolute atomic E-state index is 0.0561. The number of aryl methyl sites for hydroxylation is 1. The molecule has 304 valence electrons. The Morgan fingerprint density at radius 1 is 1.12 bits per heavy atom. The van der Waals surface area contributed by atoms with Crippen molar-refractivity contribution < 1.29 is 32.3 Å². The number of rotatable bonds is 11. The molecule has 0 spiro atoms. The van der Waals surface area contributed by atoms with Gasteiger partial charge in [-0.05, 0) is 69.7 Å². The zero-order chi connectivity index (χ0) is 40.5. The zero-order valence-electron chi connectivity index (χ0n) is 31.9. The van der Waals surface area contributed by atoms with Crippen LogP contribution in [0.2, 0.25) is 0 Å². The van der Waals surface area contributed by atoms with Crippen molar-refractivity contribution in [2.24, 2.45) is 18.7 Å². The number of ether oxygens (including phenoxy) is 1. The van der Waals surface area contributed by atoms with E-state index in [1.165, 1.54) is 39.5 Å². The van der Waals surface area contributed by atoms with Crippen molar-refractivity contribution in [3.05, 3.63) is 65.0 Å². The summed E-state index contributed by atoms with van der Waals surface area (Å²) in [6.07, 6.45) is 4.87. The van der Waals surface area contributed by atoms with Crippen LogP contribution in [0.4, 0.5) is 24.5 Å². The van der Waals surface area contributed by atoms with Gasteiger partial charge in [-0.2, -0.15) is 5.10 Å². The van der Waals surface area contributed by atoms with E-state index in [0.29, 0.717) is 54.8 Å². The summed E-state index contributed by atoms with van der Waals surface area (Å²) in [6.45, 7) is 1.19. The summed E-state index contributed by atoms with van der Waals surface area (Å²) in [4.78, 5) is 63.1. The number of carbonyl (C=O) groups is 3. The molecule has 1 unspecified atom stereocenters. The Kier molecular flexibility index (Phi) is 11.4. The fourth-order valence-corrected chi connectivity index (χ4v) is 8.59. The lowest BCUT2D eigenvalue weighted by Gasteiger charge is -2.42. The molecule has 2 saturated heterocycles. The Morgan fingerprint density at radius 3 is 2.51 bits per heavy atom. The highest BCUT2D eigenvalue weighted by atomic mass is 19.3. The number of fused-ring (bicyclic) bond motifs is 1. The van der Waals surface area contributed by atoms with Crippen molar-refractivity contribution in [3.63, 3.8) is 0 Å². The van der Waals surface area contributed by atoms with E-state index in [1.807, 2.05) is 11.9 Å². The quantitative estimate of drug-likeness (QED) is 0.149. The Labute approximate surface area is 325 Å². The van der Waals surface area contributed by atoms with Gasteiger partial charge in [-0.15, -0.1) is 0 Å². The molecule has 57 heavy (non-hydrogen) atoms. The summed E-state index contributed by atoms with van der Waals surface area (Å²) in [6, 6.07) is 3.63. The molecule has 3 aliphatic rings. The van der Waals surface area contributed by atoms with Gasteiger partial charge in [0.25, 0.3) is 12.3 Å². The van der Waals surface area contributed by atoms with E-state index in [2.05, 4.69) is 30.6 Å². The van der Waals surface area contributed by atoms with Crippen molar-refractivity contribution in [2.75, 3.05) is 44.0 Å². The number of imidazole rings is 1. The maximum Gasteiger partial charge on any atom is 0.329 e. The SMILES string of the molecule is COc1ccc2c(c1N1CC[C@@H](N(C)CC3CCC(n4cc(NC(=O)/C(=C/N)c5ncccn5)c(C(F)F)n4)CC3)[C@@H](F)C1)n(C)c(=O)n2C1CCC(=O)NC1=O. The first-order valence-corrected chi connectivity index (χ1v) is 19.0. The van der Waals surface area contributed by atoms with Gasteiger partial charge in [0.2, 0.25) is 11.8 Å². The van der Waals surface area contributed by atoms with E-state index in [1.54, 1.807) is 25.2 Å². The lowest BCUT2D eigenvalue weighted by molar-refractivity contribution is -0.135. The van der Waals surface area contributed by atoms with Crippen molar-refractivity contribution in [3.8, 4) is 5.75 Å². The molecule has 0 bridgehead atoms. The van der Waals surface area contributed by atoms with Gasteiger partial charge in [0.15, 0.2) is 11.5 Å². The minimum atomic E-state index is -2.93. The Hall–Kier alpha value is -5.72.